The number of esters is 1. The largest absolute Gasteiger partial charge is 0.465 e. The smallest absolute Gasteiger partial charge is 0.337 e. The Balaban J connectivity index is 1.65. The lowest BCUT2D eigenvalue weighted by molar-refractivity contribution is 0.0600. The Kier molecular flexibility index (Phi) is 6.26. The molecule has 12 heteroatoms. The number of anilines is 2. The van der Waals surface area contributed by atoms with Crippen LogP contribution in [0.15, 0.2) is 87.2 Å². The number of methoxy groups -OCH3 is 1. The Hall–Kier alpha value is -3.54. The summed E-state index contributed by atoms with van der Waals surface area (Å²) in [5, 5.41) is 0.416. The van der Waals surface area contributed by atoms with Crippen LogP contribution in [0.25, 0.3) is 11.0 Å². The van der Waals surface area contributed by atoms with Crippen LogP contribution in [-0.2, 0) is 24.8 Å². The summed E-state index contributed by atoms with van der Waals surface area (Å²) >= 11 is 6.03. The zero-order chi connectivity index (χ0) is 24.5. The molecule has 0 aliphatic rings. The van der Waals surface area contributed by atoms with E-state index in [1.165, 1.54) is 55.6 Å². The molecule has 4 rings (SSSR count). The molecule has 34 heavy (non-hydrogen) atoms. The third kappa shape index (κ3) is 4.86. The van der Waals surface area contributed by atoms with Gasteiger partial charge in [0.15, 0.2) is 0 Å². The van der Waals surface area contributed by atoms with E-state index in [2.05, 4.69) is 14.2 Å². The number of sulfonamides is 2. The molecular formula is C22H17ClN2O7S2. The number of para-hydroxylation sites is 1. The number of nitrogens with one attached hydrogen (secondary N) is 2. The third-order valence-corrected chi connectivity index (χ3v) is 7.56. The number of halogens is 1. The van der Waals surface area contributed by atoms with Gasteiger partial charge in [0, 0.05) is 16.5 Å². The summed E-state index contributed by atoms with van der Waals surface area (Å²) in [6.07, 6.45) is 0. The summed E-state index contributed by atoms with van der Waals surface area (Å²) in [7, 11) is -7.14. The molecule has 1 aromatic heterocycles. The van der Waals surface area contributed by atoms with Crippen LogP contribution in [0.3, 0.4) is 0 Å². The molecule has 2 N–H and O–H groups in total. The van der Waals surface area contributed by atoms with Crippen LogP contribution in [0, 0.1) is 0 Å². The molecule has 0 unspecified atom stereocenters. The van der Waals surface area contributed by atoms with Crippen molar-refractivity contribution in [3.63, 3.8) is 0 Å². The summed E-state index contributed by atoms with van der Waals surface area (Å²) in [6.45, 7) is 0. The number of rotatable bonds is 7. The van der Waals surface area contributed by atoms with E-state index in [1.807, 2.05) is 0 Å². The normalized spacial score (nSPS) is 11.8. The van der Waals surface area contributed by atoms with E-state index in [4.69, 9.17) is 16.0 Å². The minimum atomic E-state index is -4.21. The van der Waals surface area contributed by atoms with Crippen molar-refractivity contribution in [1.29, 1.82) is 0 Å². The van der Waals surface area contributed by atoms with Gasteiger partial charge in [-0.15, -0.1) is 0 Å². The maximum absolute atomic E-state index is 12.9. The van der Waals surface area contributed by atoms with Crippen molar-refractivity contribution in [2.45, 2.75) is 9.99 Å². The topological polar surface area (TPSA) is 132 Å². The molecule has 3 aromatic carbocycles. The molecule has 0 bridgehead atoms. The number of furan rings is 1. The zero-order valence-corrected chi connectivity index (χ0v) is 19.9. The molecule has 0 aliphatic heterocycles. The van der Waals surface area contributed by atoms with E-state index in [-0.39, 0.29) is 31.9 Å². The predicted octanol–water partition coefficient (Wildman–Crippen LogP) is 4.47. The van der Waals surface area contributed by atoms with Crippen LogP contribution in [0.2, 0.25) is 5.02 Å². The van der Waals surface area contributed by atoms with Crippen molar-refractivity contribution in [2.75, 3.05) is 16.6 Å². The van der Waals surface area contributed by atoms with E-state index in [0.29, 0.717) is 11.0 Å². The number of hydrogen-bond donors (Lipinski definition) is 2. The molecule has 0 saturated heterocycles. The van der Waals surface area contributed by atoms with Crippen LogP contribution in [0.5, 0.6) is 0 Å². The highest BCUT2D eigenvalue weighted by Gasteiger charge is 2.23. The molecule has 0 radical (unpaired) electrons. The lowest BCUT2D eigenvalue weighted by Crippen LogP contribution is -2.17. The fraction of sp³-hybridized carbons (Fsp3) is 0.0455. The Labute approximate surface area is 200 Å². The highest BCUT2D eigenvalue weighted by molar-refractivity contribution is 7.93. The molecule has 9 nitrogen and oxygen atoms in total. The summed E-state index contributed by atoms with van der Waals surface area (Å²) in [5.74, 6) is -0.614. The average molecular weight is 521 g/mol. The SMILES string of the molecule is COC(=O)c1ccc(S(=O)(=O)Nc2ccc(Cl)cc2NS(=O)(=O)c2cc3ccccc3o2)cc1. The van der Waals surface area contributed by atoms with Crippen LogP contribution >= 0.6 is 11.6 Å². The second kappa shape index (κ2) is 9.01. The van der Waals surface area contributed by atoms with Crippen molar-refractivity contribution in [1.82, 2.24) is 0 Å². The first kappa shape index (κ1) is 23.6. The molecule has 176 valence electrons. The maximum atomic E-state index is 12.9. The van der Waals surface area contributed by atoms with Gasteiger partial charge in [-0.1, -0.05) is 29.8 Å². The van der Waals surface area contributed by atoms with Crippen molar-refractivity contribution < 1.29 is 30.8 Å². The quantitative estimate of drug-likeness (QED) is 0.343. The highest BCUT2D eigenvalue weighted by Crippen LogP contribution is 2.31. The second-order valence-electron chi connectivity index (χ2n) is 7.02. The first-order valence-corrected chi connectivity index (χ1v) is 13.0. The molecule has 0 fully saturated rings. The lowest BCUT2D eigenvalue weighted by Gasteiger charge is -2.14. The molecule has 0 amide bonds. The molecular weight excluding hydrogens is 504 g/mol. The van der Waals surface area contributed by atoms with Crippen molar-refractivity contribution >= 4 is 60.0 Å². The number of ether oxygens (including phenoxy) is 1. The summed E-state index contributed by atoms with van der Waals surface area (Å²) in [6, 6.07) is 17.2. The number of carbonyl (C=O) groups is 1. The molecule has 0 aliphatic carbocycles. The monoisotopic (exact) mass is 520 g/mol. The van der Waals surface area contributed by atoms with E-state index in [0.717, 1.165) is 0 Å². The molecule has 1 heterocycles. The maximum Gasteiger partial charge on any atom is 0.337 e. The van der Waals surface area contributed by atoms with E-state index in [1.54, 1.807) is 24.3 Å². The molecule has 0 spiro atoms. The minimum absolute atomic E-state index is 0.0684. The van der Waals surface area contributed by atoms with Crippen LogP contribution in [0.1, 0.15) is 10.4 Å². The van der Waals surface area contributed by atoms with Crippen molar-refractivity contribution in [3.05, 3.63) is 83.4 Å². The predicted molar refractivity (Wildman–Crippen MR) is 127 cm³/mol. The number of hydrogen-bond acceptors (Lipinski definition) is 7. The molecule has 0 saturated carbocycles. The van der Waals surface area contributed by atoms with Crippen molar-refractivity contribution in [3.8, 4) is 0 Å². The van der Waals surface area contributed by atoms with Crippen LogP contribution < -0.4 is 9.44 Å². The first-order chi connectivity index (χ1) is 16.1. The third-order valence-electron chi connectivity index (χ3n) is 4.72. The second-order valence-corrected chi connectivity index (χ2v) is 10.8. The first-order valence-electron chi connectivity index (χ1n) is 9.61. The standard InChI is InChI=1S/C22H17ClN2O7S2/c1-31-22(26)14-6-9-17(10-7-14)33(27,28)24-18-11-8-16(23)13-19(18)25-34(29,30)21-12-15-4-2-3-5-20(15)32-21/h2-13,24-25H,1H3. The highest BCUT2D eigenvalue weighted by atomic mass is 35.5. The van der Waals surface area contributed by atoms with Gasteiger partial charge in [0.1, 0.15) is 5.58 Å². The molecule has 0 atom stereocenters. The zero-order valence-electron chi connectivity index (χ0n) is 17.5. The Morgan fingerprint density at radius 2 is 1.53 bits per heavy atom. The fourth-order valence-electron chi connectivity index (χ4n) is 3.07. The number of fused-ring (bicyclic) bond motifs is 1. The Morgan fingerprint density at radius 3 is 2.21 bits per heavy atom. The Morgan fingerprint density at radius 1 is 0.853 bits per heavy atom. The van der Waals surface area contributed by atoms with E-state index < -0.39 is 26.0 Å². The van der Waals surface area contributed by atoms with E-state index in [9.17, 15) is 21.6 Å². The minimum Gasteiger partial charge on any atom is -0.465 e. The average Bonchev–Trinajstić information content (AvgIpc) is 3.26. The van der Waals surface area contributed by atoms with Gasteiger partial charge in [-0.3, -0.25) is 9.44 Å². The van der Waals surface area contributed by atoms with Crippen molar-refractivity contribution in [2.24, 2.45) is 0 Å². The summed E-state index contributed by atoms with van der Waals surface area (Å²) < 4.78 is 66.3. The van der Waals surface area contributed by atoms with E-state index >= 15 is 0 Å². The Bertz CT molecular complexity index is 1560. The van der Waals surface area contributed by atoms with Gasteiger partial charge in [0.05, 0.1) is 28.9 Å². The van der Waals surface area contributed by atoms with Crippen LogP contribution in [-0.4, -0.2) is 29.9 Å². The number of carbonyl (C=O) groups excluding carboxylic acids is 1. The van der Waals surface area contributed by atoms with Gasteiger partial charge in [-0.05, 0) is 48.5 Å². The number of benzene rings is 3. The fourth-order valence-corrected chi connectivity index (χ4v) is 5.36. The summed E-state index contributed by atoms with van der Waals surface area (Å²) in [4.78, 5) is 11.4. The van der Waals surface area contributed by atoms with Gasteiger partial charge in [-0.25, -0.2) is 13.2 Å². The van der Waals surface area contributed by atoms with Crippen LogP contribution in [0.4, 0.5) is 11.4 Å². The summed E-state index contributed by atoms with van der Waals surface area (Å²) in [5.41, 5.74) is 0.376. The van der Waals surface area contributed by atoms with Gasteiger partial charge in [-0.2, -0.15) is 8.42 Å². The van der Waals surface area contributed by atoms with Gasteiger partial charge < -0.3 is 9.15 Å². The van der Waals surface area contributed by atoms with Gasteiger partial charge >= 0.3 is 5.97 Å². The lowest BCUT2D eigenvalue weighted by atomic mass is 10.2. The van der Waals surface area contributed by atoms with Gasteiger partial charge in [0.25, 0.3) is 20.0 Å². The molecule has 4 aromatic rings. The van der Waals surface area contributed by atoms with Gasteiger partial charge in [0.2, 0.25) is 5.09 Å².